The van der Waals surface area contributed by atoms with E-state index < -0.39 is 11.6 Å². The molecule has 1 atom stereocenters. The Morgan fingerprint density at radius 2 is 2.10 bits per heavy atom. The lowest BCUT2D eigenvalue weighted by molar-refractivity contribution is 0.499. The Labute approximate surface area is 116 Å². The van der Waals surface area contributed by atoms with Gasteiger partial charge in [-0.05, 0) is 25.5 Å². The molecule has 0 aliphatic carbocycles. The molecule has 5 heteroatoms. The molecule has 106 valence electrons. The third-order valence-corrected chi connectivity index (χ3v) is 3.07. The molecular weight excluding hydrogens is 260 g/mol. The van der Waals surface area contributed by atoms with Crippen LogP contribution in [0.3, 0.4) is 0 Å². The highest BCUT2D eigenvalue weighted by atomic mass is 19.1. The van der Waals surface area contributed by atoms with Gasteiger partial charge in [0.25, 0.3) is 0 Å². The molecule has 2 rings (SSSR count). The minimum atomic E-state index is -0.502. The minimum absolute atomic E-state index is 0.0477. The number of benzene rings is 1. The number of hydrogen-bond donors (Lipinski definition) is 1. The van der Waals surface area contributed by atoms with Crippen molar-refractivity contribution in [2.75, 3.05) is 0 Å². The fraction of sp³-hybridized carbons (Fsp3) is 0.267. The fourth-order valence-corrected chi connectivity index (χ4v) is 1.97. The summed E-state index contributed by atoms with van der Waals surface area (Å²) in [4.78, 5) is 0. The smallest absolute Gasteiger partial charge is 0.129 e. The minimum Gasteiger partial charge on any atom is -0.310 e. The molecule has 0 aliphatic rings. The molecule has 0 fully saturated rings. The van der Waals surface area contributed by atoms with Gasteiger partial charge in [0, 0.05) is 36.1 Å². The third kappa shape index (κ3) is 3.51. The first kappa shape index (κ1) is 14.4. The molecule has 0 saturated heterocycles. The van der Waals surface area contributed by atoms with Crippen LogP contribution < -0.4 is 5.32 Å². The lowest BCUT2D eigenvalue weighted by Crippen LogP contribution is -2.28. The van der Waals surface area contributed by atoms with Gasteiger partial charge in [-0.2, -0.15) is 5.10 Å². The fourth-order valence-electron chi connectivity index (χ4n) is 1.97. The average Bonchev–Trinajstić information content (AvgIpc) is 2.89. The van der Waals surface area contributed by atoms with Crippen LogP contribution in [-0.4, -0.2) is 15.8 Å². The Morgan fingerprint density at radius 3 is 2.70 bits per heavy atom. The lowest BCUT2D eigenvalue weighted by atomic mass is 10.1. The molecule has 20 heavy (non-hydrogen) atoms. The van der Waals surface area contributed by atoms with Gasteiger partial charge < -0.3 is 5.32 Å². The largest absolute Gasteiger partial charge is 0.310 e. The highest BCUT2D eigenvalue weighted by Crippen LogP contribution is 2.14. The van der Waals surface area contributed by atoms with Crippen molar-refractivity contribution < 1.29 is 8.78 Å². The normalized spacial score (nSPS) is 12.3. The van der Waals surface area contributed by atoms with Crippen molar-refractivity contribution in [2.45, 2.75) is 25.9 Å². The summed E-state index contributed by atoms with van der Waals surface area (Å²) >= 11 is 0. The standard InChI is InChI=1S/C15H17F2N3/c1-3-20-10-12(9-19-20)8-18-11(2)7-13-14(16)5-4-6-15(13)17/h3-6,9-11,18H,1,7-8H2,2H3. The van der Waals surface area contributed by atoms with Crippen LogP contribution in [0.2, 0.25) is 0 Å². The Bertz CT molecular complexity index is 572. The summed E-state index contributed by atoms with van der Waals surface area (Å²) in [5, 5.41) is 7.28. The van der Waals surface area contributed by atoms with Crippen molar-refractivity contribution in [3.05, 3.63) is 59.9 Å². The van der Waals surface area contributed by atoms with Crippen LogP contribution in [0.4, 0.5) is 8.78 Å². The zero-order chi connectivity index (χ0) is 14.5. The number of rotatable bonds is 6. The summed E-state index contributed by atoms with van der Waals surface area (Å²) in [7, 11) is 0. The van der Waals surface area contributed by atoms with Crippen molar-refractivity contribution in [1.82, 2.24) is 15.1 Å². The van der Waals surface area contributed by atoms with Gasteiger partial charge in [-0.3, -0.25) is 0 Å². The number of hydrogen-bond acceptors (Lipinski definition) is 2. The summed E-state index contributed by atoms with van der Waals surface area (Å²) in [5.74, 6) is -1.00. The zero-order valence-electron chi connectivity index (χ0n) is 11.3. The van der Waals surface area contributed by atoms with Crippen molar-refractivity contribution in [3.63, 3.8) is 0 Å². The molecule has 1 N–H and O–H groups in total. The molecule has 1 unspecified atom stereocenters. The summed E-state index contributed by atoms with van der Waals surface area (Å²) in [6.07, 6.45) is 5.47. The van der Waals surface area contributed by atoms with E-state index in [1.54, 1.807) is 17.1 Å². The maximum atomic E-state index is 13.5. The quantitative estimate of drug-likeness (QED) is 0.879. The second kappa shape index (κ2) is 6.43. The van der Waals surface area contributed by atoms with Crippen LogP contribution >= 0.6 is 0 Å². The summed E-state index contributed by atoms with van der Waals surface area (Å²) in [6.45, 7) is 6.09. The number of nitrogens with zero attached hydrogens (tertiary/aromatic N) is 2. The molecule has 0 radical (unpaired) electrons. The average molecular weight is 277 g/mol. The van der Waals surface area contributed by atoms with E-state index >= 15 is 0 Å². The zero-order valence-corrected chi connectivity index (χ0v) is 11.3. The molecule has 2 aromatic rings. The Balaban J connectivity index is 1.92. The molecule has 0 spiro atoms. The van der Waals surface area contributed by atoms with Gasteiger partial charge in [0.2, 0.25) is 0 Å². The predicted molar refractivity (Wildman–Crippen MR) is 75.0 cm³/mol. The van der Waals surface area contributed by atoms with E-state index in [1.807, 2.05) is 13.1 Å². The SMILES string of the molecule is C=Cn1cc(CNC(C)Cc2c(F)cccc2F)cn1. The first-order valence-corrected chi connectivity index (χ1v) is 6.42. The van der Waals surface area contributed by atoms with Crippen molar-refractivity contribution in [1.29, 1.82) is 0 Å². The molecule has 0 amide bonds. The van der Waals surface area contributed by atoms with Crippen LogP contribution in [0.5, 0.6) is 0 Å². The van der Waals surface area contributed by atoms with E-state index in [4.69, 9.17) is 0 Å². The van der Waals surface area contributed by atoms with Crippen LogP contribution in [-0.2, 0) is 13.0 Å². The molecule has 3 nitrogen and oxygen atoms in total. The maximum absolute atomic E-state index is 13.5. The summed E-state index contributed by atoms with van der Waals surface area (Å²) < 4.78 is 28.7. The monoisotopic (exact) mass is 277 g/mol. The van der Waals surface area contributed by atoms with Crippen LogP contribution in [0.15, 0.2) is 37.2 Å². The second-order valence-electron chi connectivity index (χ2n) is 4.70. The molecule has 1 aromatic heterocycles. The number of halogens is 2. The van der Waals surface area contributed by atoms with Crippen molar-refractivity contribution in [3.8, 4) is 0 Å². The van der Waals surface area contributed by atoms with E-state index in [0.717, 1.165) is 5.56 Å². The van der Waals surface area contributed by atoms with Gasteiger partial charge in [-0.15, -0.1) is 0 Å². The van der Waals surface area contributed by atoms with E-state index in [9.17, 15) is 8.78 Å². The van der Waals surface area contributed by atoms with E-state index in [1.165, 1.54) is 18.2 Å². The van der Waals surface area contributed by atoms with Gasteiger partial charge in [-0.25, -0.2) is 13.5 Å². The van der Waals surface area contributed by atoms with Crippen LogP contribution in [0.25, 0.3) is 6.20 Å². The highest BCUT2D eigenvalue weighted by molar-refractivity contribution is 5.21. The Morgan fingerprint density at radius 1 is 1.40 bits per heavy atom. The van der Waals surface area contributed by atoms with Gasteiger partial charge in [0.15, 0.2) is 0 Å². The third-order valence-electron chi connectivity index (χ3n) is 3.07. The van der Waals surface area contributed by atoms with Gasteiger partial charge in [0.05, 0.1) is 6.20 Å². The Kier molecular flexibility index (Phi) is 4.63. The highest BCUT2D eigenvalue weighted by Gasteiger charge is 2.12. The first-order valence-electron chi connectivity index (χ1n) is 6.42. The number of aromatic nitrogens is 2. The summed E-state index contributed by atoms with van der Waals surface area (Å²) in [6, 6.07) is 3.88. The van der Waals surface area contributed by atoms with Gasteiger partial charge in [0.1, 0.15) is 11.6 Å². The van der Waals surface area contributed by atoms with E-state index in [0.29, 0.717) is 13.0 Å². The molecule has 1 aromatic carbocycles. The van der Waals surface area contributed by atoms with Gasteiger partial charge in [-0.1, -0.05) is 12.6 Å². The van der Waals surface area contributed by atoms with Crippen molar-refractivity contribution in [2.24, 2.45) is 0 Å². The molecule has 1 heterocycles. The summed E-state index contributed by atoms with van der Waals surface area (Å²) in [5.41, 5.74) is 1.11. The van der Waals surface area contributed by atoms with Gasteiger partial charge >= 0.3 is 0 Å². The predicted octanol–water partition coefficient (Wildman–Crippen LogP) is 2.98. The molecule has 0 aliphatic heterocycles. The van der Waals surface area contributed by atoms with E-state index in [-0.39, 0.29) is 11.6 Å². The second-order valence-corrected chi connectivity index (χ2v) is 4.70. The first-order chi connectivity index (χ1) is 9.60. The Hall–Kier alpha value is -2.01. The molecular formula is C15H17F2N3. The maximum Gasteiger partial charge on any atom is 0.129 e. The van der Waals surface area contributed by atoms with E-state index in [2.05, 4.69) is 17.0 Å². The van der Waals surface area contributed by atoms with Crippen LogP contribution in [0.1, 0.15) is 18.1 Å². The number of nitrogens with one attached hydrogen (secondary N) is 1. The van der Waals surface area contributed by atoms with Crippen molar-refractivity contribution >= 4 is 6.20 Å². The molecule has 0 bridgehead atoms. The topological polar surface area (TPSA) is 29.9 Å². The lowest BCUT2D eigenvalue weighted by Gasteiger charge is -2.14. The van der Waals surface area contributed by atoms with Crippen LogP contribution in [0, 0.1) is 11.6 Å². The molecule has 0 saturated carbocycles.